The number of amides is 3. The highest BCUT2D eigenvalue weighted by molar-refractivity contribution is 6.49. The van der Waals surface area contributed by atoms with E-state index in [1.165, 1.54) is 12.1 Å². The molecule has 160 valence electrons. The van der Waals surface area contributed by atoms with E-state index in [4.69, 9.17) is 11.5 Å². The molecule has 3 amide bonds. The van der Waals surface area contributed by atoms with E-state index in [1.807, 2.05) is 0 Å². The van der Waals surface area contributed by atoms with Gasteiger partial charge in [-0.15, -0.1) is 0 Å². The number of fused-ring (bicyclic) bond motifs is 1. The summed E-state index contributed by atoms with van der Waals surface area (Å²) >= 11 is 0. The van der Waals surface area contributed by atoms with Crippen LogP contribution in [0.15, 0.2) is 76.9 Å². The van der Waals surface area contributed by atoms with Crippen molar-refractivity contribution in [2.45, 2.75) is 0 Å². The van der Waals surface area contributed by atoms with Crippen molar-refractivity contribution < 1.29 is 19.5 Å². The lowest BCUT2D eigenvalue weighted by molar-refractivity contribution is -0.119. The van der Waals surface area contributed by atoms with Crippen LogP contribution in [-0.4, -0.2) is 34.4 Å². The number of benzene rings is 3. The zero-order valence-electron chi connectivity index (χ0n) is 16.6. The van der Waals surface area contributed by atoms with Crippen LogP contribution in [0.2, 0.25) is 0 Å². The molecule has 1 aliphatic rings. The monoisotopic (exact) mass is 430 g/mol. The van der Waals surface area contributed by atoms with Crippen LogP contribution in [0.5, 0.6) is 5.75 Å². The number of rotatable bonds is 5. The Morgan fingerprint density at radius 2 is 1.66 bits per heavy atom. The standard InChI is InChI=1S/C22H18N6O4/c23-19-17(22(32)28(27-19)14-8-2-1-3-9-14)18(20(24)30)25-26-21(31)15-10-12-6-4-5-7-13(12)11-16(15)29/h1-11,17,29H,(H2,23,27)(H2,24,30)(H,26,31)/b25-18+. The molecule has 0 fully saturated rings. The van der Waals surface area contributed by atoms with Gasteiger partial charge in [0.15, 0.2) is 0 Å². The Kier molecular flexibility index (Phi) is 5.25. The second-order valence-corrected chi connectivity index (χ2v) is 6.96. The Hall–Kier alpha value is -4.73. The van der Waals surface area contributed by atoms with E-state index >= 15 is 0 Å². The van der Waals surface area contributed by atoms with Crippen molar-refractivity contribution in [1.29, 1.82) is 0 Å². The summed E-state index contributed by atoms with van der Waals surface area (Å²) in [5.74, 6) is -4.33. The first-order valence-electron chi connectivity index (χ1n) is 9.49. The molecular formula is C22H18N6O4. The normalized spacial score (nSPS) is 16.2. The fourth-order valence-corrected chi connectivity index (χ4v) is 3.33. The third-order valence-corrected chi connectivity index (χ3v) is 4.88. The number of aromatic hydroxyl groups is 1. The second kappa shape index (κ2) is 8.19. The number of nitrogens with zero attached hydrogens (tertiary/aromatic N) is 3. The van der Waals surface area contributed by atoms with Gasteiger partial charge in [-0.3, -0.25) is 14.4 Å². The van der Waals surface area contributed by atoms with Gasteiger partial charge in [0, 0.05) is 0 Å². The number of hydrazone groups is 2. The minimum absolute atomic E-state index is 0.0680. The Bertz CT molecular complexity index is 1300. The topological polar surface area (TPSA) is 163 Å². The number of carbonyl (C=O) groups is 3. The zero-order valence-corrected chi connectivity index (χ0v) is 16.6. The molecule has 4 rings (SSSR count). The molecule has 3 aromatic carbocycles. The van der Waals surface area contributed by atoms with E-state index < -0.39 is 29.4 Å². The van der Waals surface area contributed by atoms with Crippen molar-refractivity contribution >= 4 is 45.7 Å². The molecule has 0 bridgehead atoms. The minimum Gasteiger partial charge on any atom is -0.507 e. The SMILES string of the molecule is NC(=O)/C(=N/NC(=O)c1cc2ccccc2cc1O)C1C(=O)N(c2ccccc2)N=C1N. The van der Waals surface area contributed by atoms with E-state index in [-0.39, 0.29) is 17.1 Å². The number of primary amides is 1. The summed E-state index contributed by atoms with van der Waals surface area (Å²) in [6.45, 7) is 0. The van der Waals surface area contributed by atoms with Gasteiger partial charge in [-0.2, -0.15) is 15.2 Å². The molecule has 32 heavy (non-hydrogen) atoms. The van der Waals surface area contributed by atoms with Crippen molar-refractivity contribution in [1.82, 2.24) is 5.43 Å². The maximum Gasteiger partial charge on any atom is 0.275 e. The van der Waals surface area contributed by atoms with E-state index in [1.54, 1.807) is 54.6 Å². The predicted octanol–water partition coefficient (Wildman–Crippen LogP) is 1.05. The highest BCUT2D eigenvalue weighted by atomic mass is 16.3. The van der Waals surface area contributed by atoms with Crippen molar-refractivity contribution in [3.05, 3.63) is 72.3 Å². The van der Waals surface area contributed by atoms with Crippen LogP contribution in [0.25, 0.3) is 10.8 Å². The summed E-state index contributed by atoms with van der Waals surface area (Å²) in [4.78, 5) is 37.5. The van der Waals surface area contributed by atoms with Gasteiger partial charge in [0.25, 0.3) is 17.7 Å². The summed E-state index contributed by atoms with van der Waals surface area (Å²) in [6, 6.07) is 18.5. The average molecular weight is 430 g/mol. The lowest BCUT2D eigenvalue weighted by Gasteiger charge is -2.14. The van der Waals surface area contributed by atoms with Crippen LogP contribution in [0.1, 0.15) is 10.4 Å². The number of hydrogen-bond donors (Lipinski definition) is 4. The number of nitrogens with two attached hydrogens (primary N) is 2. The maximum absolute atomic E-state index is 12.9. The largest absolute Gasteiger partial charge is 0.507 e. The molecule has 0 saturated heterocycles. The van der Waals surface area contributed by atoms with E-state index in [9.17, 15) is 19.5 Å². The van der Waals surface area contributed by atoms with E-state index in [2.05, 4.69) is 15.6 Å². The molecule has 3 aromatic rings. The molecular weight excluding hydrogens is 412 g/mol. The van der Waals surface area contributed by atoms with Gasteiger partial charge in [-0.1, -0.05) is 42.5 Å². The van der Waals surface area contributed by atoms with Gasteiger partial charge in [-0.05, 0) is 35.0 Å². The first kappa shape index (κ1) is 20.5. The molecule has 1 aliphatic heterocycles. The second-order valence-electron chi connectivity index (χ2n) is 6.96. The maximum atomic E-state index is 12.9. The summed E-state index contributed by atoms with van der Waals surface area (Å²) in [5, 5.41) is 20.5. The van der Waals surface area contributed by atoms with Crippen molar-refractivity contribution in [3.63, 3.8) is 0 Å². The number of phenols is 1. The zero-order chi connectivity index (χ0) is 22.8. The molecule has 1 atom stereocenters. The molecule has 1 unspecified atom stereocenters. The van der Waals surface area contributed by atoms with Gasteiger partial charge >= 0.3 is 0 Å². The molecule has 0 aromatic heterocycles. The number of carbonyl (C=O) groups excluding carboxylic acids is 3. The van der Waals surface area contributed by atoms with Gasteiger partial charge in [0.1, 0.15) is 23.2 Å². The number of anilines is 1. The third kappa shape index (κ3) is 3.72. The molecule has 0 radical (unpaired) electrons. The summed E-state index contributed by atoms with van der Waals surface area (Å²) in [7, 11) is 0. The number of para-hydroxylation sites is 1. The third-order valence-electron chi connectivity index (χ3n) is 4.88. The summed E-state index contributed by atoms with van der Waals surface area (Å²) in [6.07, 6.45) is 0. The quantitative estimate of drug-likeness (QED) is 0.351. The van der Waals surface area contributed by atoms with Gasteiger partial charge in [-0.25, -0.2) is 5.43 Å². The highest BCUT2D eigenvalue weighted by Crippen LogP contribution is 2.25. The fraction of sp³-hybridized carbons (Fsp3) is 0.0455. The fourth-order valence-electron chi connectivity index (χ4n) is 3.33. The number of amidine groups is 1. The molecule has 6 N–H and O–H groups in total. The Labute approximate surface area is 181 Å². The smallest absolute Gasteiger partial charge is 0.275 e. The van der Waals surface area contributed by atoms with Gasteiger partial charge < -0.3 is 16.6 Å². The van der Waals surface area contributed by atoms with Gasteiger partial charge in [0.2, 0.25) is 0 Å². The number of hydrogen-bond acceptors (Lipinski definition) is 7. The lowest BCUT2D eigenvalue weighted by atomic mass is 10.0. The summed E-state index contributed by atoms with van der Waals surface area (Å²) in [5.41, 5.74) is 13.3. The van der Waals surface area contributed by atoms with Crippen LogP contribution < -0.4 is 21.9 Å². The van der Waals surface area contributed by atoms with Crippen LogP contribution in [-0.2, 0) is 9.59 Å². The van der Waals surface area contributed by atoms with Crippen LogP contribution in [0, 0.1) is 5.92 Å². The van der Waals surface area contributed by atoms with Crippen LogP contribution in [0.3, 0.4) is 0 Å². The Balaban J connectivity index is 1.61. The number of phenolic OH excluding ortho intramolecular Hbond substituents is 1. The molecule has 0 spiro atoms. The molecule has 0 aliphatic carbocycles. The lowest BCUT2D eigenvalue weighted by Crippen LogP contribution is -2.43. The van der Waals surface area contributed by atoms with Gasteiger partial charge in [0.05, 0.1) is 11.3 Å². The van der Waals surface area contributed by atoms with E-state index in [0.717, 1.165) is 15.8 Å². The molecule has 1 heterocycles. The highest BCUT2D eigenvalue weighted by Gasteiger charge is 2.41. The first-order valence-corrected chi connectivity index (χ1v) is 9.49. The van der Waals surface area contributed by atoms with Crippen LogP contribution >= 0.6 is 0 Å². The molecule has 10 nitrogen and oxygen atoms in total. The van der Waals surface area contributed by atoms with Crippen molar-refractivity contribution in [2.75, 3.05) is 5.01 Å². The summed E-state index contributed by atoms with van der Waals surface area (Å²) < 4.78 is 0. The van der Waals surface area contributed by atoms with E-state index in [0.29, 0.717) is 5.69 Å². The predicted molar refractivity (Wildman–Crippen MR) is 119 cm³/mol. The minimum atomic E-state index is -1.36. The molecule has 10 heteroatoms. The van der Waals surface area contributed by atoms with Crippen molar-refractivity contribution in [2.24, 2.45) is 27.6 Å². The number of nitrogens with one attached hydrogen (secondary N) is 1. The Morgan fingerprint density at radius 3 is 2.31 bits per heavy atom. The van der Waals surface area contributed by atoms with Crippen LogP contribution in [0.4, 0.5) is 5.69 Å². The molecule has 0 saturated carbocycles. The van der Waals surface area contributed by atoms with Crippen molar-refractivity contribution in [3.8, 4) is 5.75 Å². The first-order chi connectivity index (χ1) is 15.4. The Morgan fingerprint density at radius 1 is 1.03 bits per heavy atom. The average Bonchev–Trinajstić information content (AvgIpc) is 3.08.